The zero-order chi connectivity index (χ0) is 12.1. The van der Waals surface area contributed by atoms with Gasteiger partial charge >= 0.3 is 5.97 Å². The molecule has 6 nitrogen and oxygen atoms in total. The van der Waals surface area contributed by atoms with Crippen LogP contribution in [-0.4, -0.2) is 50.8 Å². The number of carbonyl (C=O) groups excluding carboxylic acids is 2. The van der Waals surface area contributed by atoms with Crippen molar-refractivity contribution in [2.75, 3.05) is 20.8 Å². The van der Waals surface area contributed by atoms with E-state index in [1.807, 2.05) is 0 Å². The first-order chi connectivity index (χ1) is 7.58. The molecule has 0 aliphatic carbocycles. The second kappa shape index (κ2) is 5.81. The van der Waals surface area contributed by atoms with Crippen LogP contribution in [0.2, 0.25) is 0 Å². The molecule has 1 rings (SSSR count). The van der Waals surface area contributed by atoms with Crippen molar-refractivity contribution >= 4 is 11.9 Å². The molecule has 0 aromatic rings. The Bertz CT molecular complexity index is 270. The van der Waals surface area contributed by atoms with E-state index >= 15 is 0 Å². The third-order valence-electron chi connectivity index (χ3n) is 2.65. The first kappa shape index (κ1) is 12.9. The van der Waals surface area contributed by atoms with Crippen molar-refractivity contribution in [2.24, 2.45) is 0 Å². The van der Waals surface area contributed by atoms with Crippen molar-refractivity contribution in [3.8, 4) is 0 Å². The SMILES string of the molecule is COC(=O)C(C)NC(=O)C1CC(OC)CN1. The van der Waals surface area contributed by atoms with E-state index in [1.54, 1.807) is 14.0 Å². The van der Waals surface area contributed by atoms with E-state index in [0.29, 0.717) is 13.0 Å². The Hall–Kier alpha value is -1.14. The minimum absolute atomic E-state index is 0.0594. The van der Waals surface area contributed by atoms with Gasteiger partial charge in [-0.1, -0.05) is 0 Å². The Labute approximate surface area is 94.7 Å². The molecule has 16 heavy (non-hydrogen) atoms. The maximum Gasteiger partial charge on any atom is 0.328 e. The fourth-order valence-corrected chi connectivity index (χ4v) is 1.63. The van der Waals surface area contributed by atoms with Gasteiger partial charge in [-0.25, -0.2) is 4.79 Å². The van der Waals surface area contributed by atoms with Crippen LogP contribution in [0.4, 0.5) is 0 Å². The lowest BCUT2D eigenvalue weighted by Crippen LogP contribution is -2.47. The van der Waals surface area contributed by atoms with Gasteiger partial charge in [-0.2, -0.15) is 0 Å². The molecule has 1 fully saturated rings. The zero-order valence-electron chi connectivity index (χ0n) is 9.78. The number of hydrogen-bond acceptors (Lipinski definition) is 5. The van der Waals surface area contributed by atoms with E-state index in [2.05, 4.69) is 15.4 Å². The lowest BCUT2D eigenvalue weighted by atomic mass is 10.2. The normalized spacial score (nSPS) is 26.2. The van der Waals surface area contributed by atoms with Crippen molar-refractivity contribution in [1.29, 1.82) is 0 Å². The third-order valence-corrected chi connectivity index (χ3v) is 2.65. The summed E-state index contributed by atoms with van der Waals surface area (Å²) in [7, 11) is 2.91. The van der Waals surface area contributed by atoms with Gasteiger partial charge in [0.15, 0.2) is 0 Å². The van der Waals surface area contributed by atoms with E-state index in [-0.39, 0.29) is 18.1 Å². The monoisotopic (exact) mass is 230 g/mol. The molecule has 0 aromatic carbocycles. The Balaban J connectivity index is 2.38. The zero-order valence-corrected chi connectivity index (χ0v) is 9.78. The number of amides is 1. The number of rotatable bonds is 4. The van der Waals surface area contributed by atoms with Crippen molar-refractivity contribution < 1.29 is 19.1 Å². The van der Waals surface area contributed by atoms with Gasteiger partial charge in [0.2, 0.25) is 5.91 Å². The molecular formula is C10H18N2O4. The number of hydrogen-bond donors (Lipinski definition) is 2. The summed E-state index contributed by atoms with van der Waals surface area (Å²) in [5.74, 6) is -0.646. The Kier molecular flexibility index (Phi) is 4.70. The minimum atomic E-state index is -0.624. The number of nitrogens with one attached hydrogen (secondary N) is 2. The smallest absolute Gasteiger partial charge is 0.328 e. The predicted octanol–water partition coefficient (Wildman–Crippen LogP) is -0.959. The highest BCUT2D eigenvalue weighted by Crippen LogP contribution is 2.09. The number of esters is 1. The molecule has 0 spiro atoms. The highest BCUT2D eigenvalue weighted by molar-refractivity contribution is 5.87. The molecule has 3 unspecified atom stereocenters. The van der Waals surface area contributed by atoms with Gasteiger partial charge < -0.3 is 20.1 Å². The van der Waals surface area contributed by atoms with E-state index < -0.39 is 12.0 Å². The number of ether oxygens (including phenoxy) is 2. The van der Waals surface area contributed by atoms with E-state index in [0.717, 1.165) is 0 Å². The molecule has 1 amide bonds. The van der Waals surface area contributed by atoms with Crippen LogP contribution in [-0.2, 0) is 19.1 Å². The van der Waals surface area contributed by atoms with Gasteiger partial charge in [-0.15, -0.1) is 0 Å². The number of methoxy groups -OCH3 is 2. The number of carbonyl (C=O) groups is 2. The average molecular weight is 230 g/mol. The van der Waals surface area contributed by atoms with Crippen LogP contribution < -0.4 is 10.6 Å². The highest BCUT2D eigenvalue weighted by atomic mass is 16.5. The van der Waals surface area contributed by atoms with Crippen LogP contribution in [0.1, 0.15) is 13.3 Å². The summed E-state index contributed by atoms with van der Waals surface area (Å²) in [5, 5.41) is 5.62. The Morgan fingerprint density at radius 2 is 2.12 bits per heavy atom. The lowest BCUT2D eigenvalue weighted by molar-refractivity contribution is -0.144. The molecule has 92 valence electrons. The quantitative estimate of drug-likeness (QED) is 0.608. The first-order valence-corrected chi connectivity index (χ1v) is 5.22. The maximum absolute atomic E-state index is 11.7. The van der Waals surface area contributed by atoms with E-state index in [9.17, 15) is 9.59 Å². The van der Waals surface area contributed by atoms with Crippen LogP contribution in [0, 0.1) is 0 Å². The highest BCUT2D eigenvalue weighted by Gasteiger charge is 2.30. The molecule has 2 N–H and O–H groups in total. The average Bonchev–Trinajstić information content (AvgIpc) is 2.76. The molecule has 1 aliphatic heterocycles. The van der Waals surface area contributed by atoms with Crippen LogP contribution >= 0.6 is 0 Å². The van der Waals surface area contributed by atoms with Gasteiger partial charge in [-0.3, -0.25) is 4.79 Å². The fraction of sp³-hybridized carbons (Fsp3) is 0.800. The van der Waals surface area contributed by atoms with Crippen molar-refractivity contribution in [3.63, 3.8) is 0 Å². The summed E-state index contributed by atoms with van der Waals surface area (Å²) in [4.78, 5) is 22.8. The standard InChI is InChI=1S/C10H18N2O4/c1-6(10(14)16-3)12-9(13)8-4-7(15-2)5-11-8/h6-8,11H,4-5H2,1-3H3,(H,12,13). The van der Waals surface area contributed by atoms with Gasteiger partial charge in [-0.05, 0) is 13.3 Å². The summed E-state index contributed by atoms with van der Waals surface area (Å²) in [6.07, 6.45) is 0.681. The fourth-order valence-electron chi connectivity index (χ4n) is 1.63. The molecule has 1 aliphatic rings. The minimum Gasteiger partial charge on any atom is -0.467 e. The molecular weight excluding hydrogens is 212 g/mol. The van der Waals surface area contributed by atoms with E-state index in [1.165, 1.54) is 7.11 Å². The summed E-state index contributed by atoms with van der Waals surface area (Å²) in [6.45, 7) is 2.24. The van der Waals surface area contributed by atoms with Gasteiger partial charge in [0, 0.05) is 13.7 Å². The maximum atomic E-state index is 11.7. The first-order valence-electron chi connectivity index (χ1n) is 5.22. The predicted molar refractivity (Wildman–Crippen MR) is 56.8 cm³/mol. The second-order valence-corrected chi connectivity index (χ2v) is 3.81. The second-order valence-electron chi connectivity index (χ2n) is 3.81. The van der Waals surface area contributed by atoms with Crippen LogP contribution in [0.3, 0.4) is 0 Å². The molecule has 0 saturated carbocycles. The largest absolute Gasteiger partial charge is 0.467 e. The summed E-state index contributed by atoms with van der Waals surface area (Å²) in [6, 6.07) is -0.919. The molecule has 6 heteroatoms. The Morgan fingerprint density at radius 1 is 1.44 bits per heavy atom. The molecule has 0 radical (unpaired) electrons. The lowest BCUT2D eigenvalue weighted by Gasteiger charge is -2.15. The molecule has 1 saturated heterocycles. The molecule has 3 atom stereocenters. The van der Waals surface area contributed by atoms with Gasteiger partial charge in [0.05, 0.1) is 19.3 Å². The third kappa shape index (κ3) is 3.18. The van der Waals surface area contributed by atoms with E-state index in [4.69, 9.17) is 4.74 Å². The van der Waals surface area contributed by atoms with Gasteiger partial charge in [0.25, 0.3) is 0 Å². The van der Waals surface area contributed by atoms with Gasteiger partial charge in [0.1, 0.15) is 6.04 Å². The van der Waals surface area contributed by atoms with Crippen molar-refractivity contribution in [1.82, 2.24) is 10.6 Å². The van der Waals surface area contributed by atoms with Crippen molar-refractivity contribution in [2.45, 2.75) is 31.5 Å². The van der Waals surface area contributed by atoms with Crippen LogP contribution in [0.5, 0.6) is 0 Å². The summed E-state index contributed by atoms with van der Waals surface area (Å²) in [5.41, 5.74) is 0. The topological polar surface area (TPSA) is 76.7 Å². The molecule has 0 aromatic heterocycles. The Morgan fingerprint density at radius 3 is 2.62 bits per heavy atom. The summed E-state index contributed by atoms with van der Waals surface area (Å²) < 4.78 is 9.65. The molecule has 0 bridgehead atoms. The van der Waals surface area contributed by atoms with Crippen LogP contribution in [0.15, 0.2) is 0 Å². The van der Waals surface area contributed by atoms with Crippen molar-refractivity contribution in [3.05, 3.63) is 0 Å². The van der Waals surface area contributed by atoms with Crippen LogP contribution in [0.25, 0.3) is 0 Å². The molecule has 1 heterocycles. The summed E-state index contributed by atoms with van der Waals surface area (Å²) >= 11 is 0.